The maximum atomic E-state index is 6.95. The molecule has 0 aliphatic rings. The molecule has 0 saturated heterocycles. The second-order valence-corrected chi connectivity index (χ2v) is 24.3. The third kappa shape index (κ3) is 7.43. The summed E-state index contributed by atoms with van der Waals surface area (Å²) in [5.74, 6) is 0. The standard InChI is InChI=1S/C86H52N4O2/c1-5-21-55(22-6-1)87(59-39-43-73-77(49-59)89(57-25-9-3-10-26-57)85-71-35-19-15-31-65(71)63-29-13-17-33-69(63)83(73)85)61-37-41-67-75-45-53-48-80-76(46-54(53)47-79(75)91-81(67)51-61)68-42-38-62(52-82(68)92-80)88(56-23-7-2-8-24-56)60-40-44-74-78(50-60)90(58-27-11-4-12-28-58)86-72-36-20-16-32-66(72)64-30-14-18-34-70(64)84(74)86/h1-52H. The molecule has 0 spiro atoms. The summed E-state index contributed by atoms with van der Waals surface area (Å²) in [5, 5.41) is 21.3. The molecule has 0 aliphatic carbocycles. The van der Waals surface area contributed by atoms with Gasteiger partial charge in [0.15, 0.2) is 0 Å². The number of para-hydroxylation sites is 4. The Morgan fingerprint density at radius 1 is 0.207 bits per heavy atom. The Bertz CT molecular complexity index is 6050. The lowest BCUT2D eigenvalue weighted by atomic mass is 9.96. The summed E-state index contributed by atoms with van der Waals surface area (Å²) in [6, 6.07) is 114. The molecule has 428 valence electrons. The molecule has 20 rings (SSSR count). The van der Waals surface area contributed by atoms with Crippen LogP contribution in [-0.2, 0) is 0 Å². The molecule has 0 fully saturated rings. The molecule has 0 bridgehead atoms. The van der Waals surface area contributed by atoms with Crippen LogP contribution in [0, 0.1) is 0 Å². The van der Waals surface area contributed by atoms with Gasteiger partial charge in [-0.2, -0.15) is 0 Å². The van der Waals surface area contributed by atoms with Gasteiger partial charge in [-0.1, -0.05) is 182 Å². The lowest BCUT2D eigenvalue weighted by Crippen LogP contribution is -2.10. The summed E-state index contributed by atoms with van der Waals surface area (Å²) in [6.45, 7) is 0. The van der Waals surface area contributed by atoms with Crippen LogP contribution in [0.15, 0.2) is 324 Å². The lowest BCUT2D eigenvalue weighted by Gasteiger charge is -2.25. The third-order valence-electron chi connectivity index (χ3n) is 19.3. The van der Waals surface area contributed by atoms with Crippen LogP contribution in [0.25, 0.3) is 153 Å². The van der Waals surface area contributed by atoms with Crippen molar-refractivity contribution in [3.05, 3.63) is 315 Å². The van der Waals surface area contributed by atoms with Crippen molar-refractivity contribution in [2.45, 2.75) is 0 Å². The molecule has 16 aromatic carbocycles. The number of benzene rings is 16. The summed E-state index contributed by atoms with van der Waals surface area (Å²) in [6.07, 6.45) is 0. The van der Waals surface area contributed by atoms with Gasteiger partial charge in [0.05, 0.1) is 22.1 Å². The van der Waals surface area contributed by atoms with E-state index in [-0.39, 0.29) is 0 Å². The normalized spacial score (nSPS) is 12.1. The quantitative estimate of drug-likeness (QED) is 0.142. The first-order valence-corrected chi connectivity index (χ1v) is 31.5. The van der Waals surface area contributed by atoms with Crippen molar-refractivity contribution in [1.82, 2.24) is 9.13 Å². The van der Waals surface area contributed by atoms with E-state index in [0.717, 1.165) is 111 Å². The van der Waals surface area contributed by atoms with Crippen LogP contribution in [0.4, 0.5) is 34.1 Å². The minimum atomic E-state index is 0.818. The SMILES string of the molecule is c1ccc(N(c2ccc3c(c2)oc2cc4cc5c(cc4cc23)oc2cc(N(c3ccccc3)c3ccc4c6c7ccccc7c7ccccc7c6n(-c6ccccc6)c4c3)ccc25)c2ccc3c4c5ccccc5c5ccccc5c4n(-c4ccccc4)c3c2)cc1. The zero-order valence-corrected chi connectivity index (χ0v) is 49.6. The Morgan fingerprint density at radius 3 is 0.902 bits per heavy atom. The largest absolute Gasteiger partial charge is 0.456 e. The molecule has 6 nitrogen and oxygen atoms in total. The smallest absolute Gasteiger partial charge is 0.137 e. The summed E-state index contributed by atoms with van der Waals surface area (Å²) in [4.78, 5) is 4.70. The first kappa shape index (κ1) is 50.6. The van der Waals surface area contributed by atoms with E-state index in [9.17, 15) is 0 Å². The molecule has 92 heavy (non-hydrogen) atoms. The lowest BCUT2D eigenvalue weighted by molar-refractivity contribution is 0.668. The predicted octanol–water partition coefficient (Wildman–Crippen LogP) is 24.4. The Morgan fingerprint density at radius 2 is 0.511 bits per heavy atom. The third-order valence-corrected chi connectivity index (χ3v) is 19.3. The molecule has 6 heteroatoms. The van der Waals surface area contributed by atoms with Gasteiger partial charge in [-0.25, -0.2) is 0 Å². The van der Waals surface area contributed by atoms with Crippen LogP contribution >= 0.6 is 0 Å². The molecule has 0 aliphatic heterocycles. The summed E-state index contributed by atoms with van der Waals surface area (Å²) in [7, 11) is 0. The molecule has 4 heterocycles. The van der Waals surface area contributed by atoms with Crippen molar-refractivity contribution in [1.29, 1.82) is 0 Å². The predicted molar refractivity (Wildman–Crippen MR) is 387 cm³/mol. The van der Waals surface area contributed by atoms with E-state index in [1.807, 2.05) is 0 Å². The van der Waals surface area contributed by atoms with Crippen molar-refractivity contribution < 1.29 is 8.83 Å². The number of hydrogen-bond donors (Lipinski definition) is 0. The number of aromatic nitrogens is 2. The average Bonchev–Trinajstić information content (AvgIpc) is 1.58. The van der Waals surface area contributed by atoms with Crippen LogP contribution in [0.3, 0.4) is 0 Å². The number of furan rings is 2. The van der Waals surface area contributed by atoms with E-state index in [1.54, 1.807) is 0 Å². The fourth-order valence-corrected chi connectivity index (χ4v) is 15.4. The maximum absolute atomic E-state index is 6.95. The van der Waals surface area contributed by atoms with Crippen LogP contribution in [0.2, 0.25) is 0 Å². The number of nitrogens with zero attached hydrogens (tertiary/aromatic N) is 4. The molecule has 0 radical (unpaired) electrons. The highest BCUT2D eigenvalue weighted by molar-refractivity contribution is 6.34. The van der Waals surface area contributed by atoms with Gasteiger partial charge in [0, 0.05) is 111 Å². The van der Waals surface area contributed by atoms with Crippen LogP contribution in [0.5, 0.6) is 0 Å². The van der Waals surface area contributed by atoms with Gasteiger partial charge in [0.25, 0.3) is 0 Å². The molecule has 0 amide bonds. The van der Waals surface area contributed by atoms with Gasteiger partial charge in [0.2, 0.25) is 0 Å². The van der Waals surface area contributed by atoms with Gasteiger partial charge >= 0.3 is 0 Å². The Balaban J connectivity index is 0.706. The van der Waals surface area contributed by atoms with Crippen molar-refractivity contribution >= 4 is 175 Å². The van der Waals surface area contributed by atoms with Gasteiger partial charge in [-0.15, -0.1) is 0 Å². The molecule has 20 aromatic rings. The van der Waals surface area contributed by atoms with Crippen molar-refractivity contribution in [2.75, 3.05) is 9.80 Å². The highest BCUT2D eigenvalue weighted by atomic mass is 16.3. The number of fused-ring (bicyclic) bond motifs is 23. The van der Waals surface area contributed by atoms with Crippen molar-refractivity contribution in [3.8, 4) is 11.4 Å². The number of hydrogen-bond acceptors (Lipinski definition) is 4. The second-order valence-electron chi connectivity index (χ2n) is 24.3. The average molecular weight is 1170 g/mol. The van der Waals surface area contributed by atoms with Gasteiger partial charge in [-0.05, 0) is 164 Å². The fourth-order valence-electron chi connectivity index (χ4n) is 15.4. The van der Waals surface area contributed by atoms with E-state index in [2.05, 4.69) is 334 Å². The Kier molecular flexibility index (Phi) is 10.8. The Labute approximate surface area is 527 Å². The molecule has 0 unspecified atom stereocenters. The summed E-state index contributed by atoms with van der Waals surface area (Å²) in [5.41, 5.74) is 16.4. The molecule has 0 N–H and O–H groups in total. The van der Waals surface area contributed by atoms with Gasteiger partial charge in [0.1, 0.15) is 22.3 Å². The van der Waals surface area contributed by atoms with E-state index in [1.165, 1.54) is 75.7 Å². The summed E-state index contributed by atoms with van der Waals surface area (Å²) >= 11 is 0. The summed E-state index contributed by atoms with van der Waals surface area (Å²) < 4.78 is 18.8. The van der Waals surface area contributed by atoms with E-state index in [0.29, 0.717) is 0 Å². The first-order valence-electron chi connectivity index (χ1n) is 31.5. The van der Waals surface area contributed by atoms with E-state index >= 15 is 0 Å². The molecule has 4 aromatic heterocycles. The zero-order valence-electron chi connectivity index (χ0n) is 49.6. The van der Waals surface area contributed by atoms with Crippen molar-refractivity contribution in [2.24, 2.45) is 0 Å². The first-order chi connectivity index (χ1) is 45.6. The van der Waals surface area contributed by atoms with Crippen LogP contribution in [0.1, 0.15) is 0 Å². The number of rotatable bonds is 8. The Hall–Kier alpha value is -12.4. The molecular weight excluding hydrogens is 1120 g/mol. The topological polar surface area (TPSA) is 42.6 Å². The zero-order chi connectivity index (χ0) is 60.1. The van der Waals surface area contributed by atoms with E-state index < -0.39 is 0 Å². The monoisotopic (exact) mass is 1170 g/mol. The highest BCUT2D eigenvalue weighted by Crippen LogP contribution is 2.49. The van der Waals surface area contributed by atoms with Crippen LogP contribution < -0.4 is 9.80 Å². The van der Waals surface area contributed by atoms with Gasteiger partial charge in [-0.3, -0.25) is 0 Å². The van der Waals surface area contributed by atoms with Crippen molar-refractivity contribution in [3.63, 3.8) is 0 Å². The molecular formula is C86H52N4O2. The minimum Gasteiger partial charge on any atom is -0.456 e. The second kappa shape index (κ2) is 19.6. The van der Waals surface area contributed by atoms with Gasteiger partial charge < -0.3 is 27.8 Å². The van der Waals surface area contributed by atoms with E-state index in [4.69, 9.17) is 8.83 Å². The maximum Gasteiger partial charge on any atom is 0.137 e. The highest BCUT2D eigenvalue weighted by Gasteiger charge is 2.25. The van der Waals surface area contributed by atoms with Crippen LogP contribution in [-0.4, -0.2) is 9.13 Å². The molecule has 0 atom stereocenters. The minimum absolute atomic E-state index is 0.818. The molecule has 0 saturated carbocycles. The number of anilines is 6. The fraction of sp³-hybridized carbons (Fsp3) is 0.